The number of nitrogens with zero attached hydrogens (tertiary/aromatic N) is 4. The molecule has 0 spiro atoms. The SMILES string of the molecule is [C-]#[N+]c1cccc(N(C2=C3C=CC4=C5C(=CC=C(C=C2)C35)C(N(c2cccc(C#N)c2)c2ccc(-c3ccc(C)cc3C)cc2-c2ccc(C)cc2C)C=C4)c2ccc(-c3ccc(C)cc3C)cc2-c2ccc(C)cc2C)c1. The Labute approximate surface area is 460 Å². The molecule has 0 aliphatic heterocycles. The number of hydrogen-bond donors (Lipinski definition) is 0. The van der Waals surface area contributed by atoms with Crippen molar-refractivity contribution in [3.63, 3.8) is 0 Å². The van der Waals surface area contributed by atoms with E-state index in [1.54, 1.807) is 0 Å². The van der Waals surface area contributed by atoms with Crippen LogP contribution in [0, 0.1) is 79.2 Å². The van der Waals surface area contributed by atoms with E-state index in [2.05, 4.69) is 246 Å². The maximum absolute atomic E-state index is 10.4. The highest BCUT2D eigenvalue weighted by Crippen LogP contribution is 2.54. The fourth-order valence-corrected chi connectivity index (χ4v) is 12.6. The summed E-state index contributed by atoms with van der Waals surface area (Å²) in [5, 5.41) is 10.4. The summed E-state index contributed by atoms with van der Waals surface area (Å²) < 4.78 is 0. The molecule has 4 nitrogen and oxygen atoms in total. The van der Waals surface area contributed by atoms with Crippen LogP contribution in [-0.4, -0.2) is 6.04 Å². The second-order valence-corrected chi connectivity index (χ2v) is 21.6. The van der Waals surface area contributed by atoms with Gasteiger partial charge < -0.3 is 9.80 Å². The van der Waals surface area contributed by atoms with Crippen LogP contribution in [0.4, 0.5) is 28.4 Å². The third-order valence-electron chi connectivity index (χ3n) is 16.2. The average Bonchev–Trinajstić information content (AvgIpc) is 3.46. The normalized spacial score (nSPS) is 15.8. The van der Waals surface area contributed by atoms with Crippen LogP contribution in [-0.2, 0) is 0 Å². The molecule has 0 fully saturated rings. The highest BCUT2D eigenvalue weighted by molar-refractivity contribution is 5.93. The summed E-state index contributed by atoms with van der Waals surface area (Å²) in [7, 11) is 0. The van der Waals surface area contributed by atoms with Crippen molar-refractivity contribution in [3.8, 4) is 50.6 Å². The van der Waals surface area contributed by atoms with Gasteiger partial charge in [-0.3, -0.25) is 0 Å². The molecule has 0 aromatic heterocycles. The summed E-state index contributed by atoms with van der Waals surface area (Å²) in [6.45, 7) is 25.6. The Hall–Kier alpha value is -9.48. The van der Waals surface area contributed by atoms with Crippen LogP contribution in [0.3, 0.4) is 0 Å². The maximum Gasteiger partial charge on any atom is 0.189 e. The van der Waals surface area contributed by atoms with Gasteiger partial charge in [-0.15, -0.1) is 0 Å². The van der Waals surface area contributed by atoms with E-state index in [0.29, 0.717) is 11.3 Å². The van der Waals surface area contributed by atoms with Crippen LogP contribution in [0.2, 0.25) is 0 Å². The van der Waals surface area contributed by atoms with Crippen molar-refractivity contribution in [2.45, 2.75) is 61.4 Å². The molecule has 2 atom stereocenters. The minimum atomic E-state index is -0.241. The maximum atomic E-state index is 10.4. The third-order valence-corrected chi connectivity index (χ3v) is 16.2. The van der Waals surface area contributed by atoms with Gasteiger partial charge in [0.2, 0.25) is 0 Å². The molecule has 8 aromatic carbocycles. The fraction of sp³-hybridized carbons (Fsp3) is 0.135. The fourth-order valence-electron chi connectivity index (χ4n) is 12.6. The van der Waals surface area contributed by atoms with Crippen molar-refractivity contribution in [1.82, 2.24) is 0 Å². The molecule has 376 valence electrons. The summed E-state index contributed by atoms with van der Waals surface area (Å²) >= 11 is 0. The predicted octanol–water partition coefficient (Wildman–Crippen LogP) is 19.3. The van der Waals surface area contributed by atoms with Crippen LogP contribution in [0.15, 0.2) is 240 Å². The van der Waals surface area contributed by atoms with Gasteiger partial charge in [0.05, 0.1) is 35.6 Å². The molecule has 0 radical (unpaired) electrons. The lowest BCUT2D eigenvalue weighted by molar-refractivity contribution is 0.773. The van der Waals surface area contributed by atoms with Crippen molar-refractivity contribution < 1.29 is 0 Å². The van der Waals surface area contributed by atoms with Gasteiger partial charge in [-0.1, -0.05) is 168 Å². The largest absolute Gasteiger partial charge is 0.330 e. The van der Waals surface area contributed by atoms with Crippen molar-refractivity contribution in [3.05, 3.63) is 301 Å². The number of hydrogen-bond acceptors (Lipinski definition) is 3. The molecule has 0 N–H and O–H groups in total. The van der Waals surface area contributed by atoms with Gasteiger partial charge >= 0.3 is 0 Å². The van der Waals surface area contributed by atoms with Crippen molar-refractivity contribution in [2.24, 2.45) is 5.92 Å². The van der Waals surface area contributed by atoms with E-state index in [0.717, 1.165) is 56.3 Å². The zero-order valence-electron chi connectivity index (χ0n) is 45.6. The van der Waals surface area contributed by atoms with Gasteiger partial charge in [0.15, 0.2) is 5.69 Å². The highest BCUT2D eigenvalue weighted by Gasteiger charge is 2.41. The molecule has 0 saturated heterocycles. The Morgan fingerprint density at radius 2 is 1.05 bits per heavy atom. The molecule has 12 rings (SSSR count). The van der Waals surface area contributed by atoms with Gasteiger partial charge in [0.25, 0.3) is 0 Å². The quantitative estimate of drug-likeness (QED) is 0.128. The van der Waals surface area contributed by atoms with Crippen molar-refractivity contribution in [1.29, 1.82) is 5.26 Å². The zero-order valence-corrected chi connectivity index (χ0v) is 45.6. The molecule has 0 saturated carbocycles. The third kappa shape index (κ3) is 8.76. The number of nitriles is 1. The first-order valence-corrected chi connectivity index (χ1v) is 27.0. The molecule has 8 aromatic rings. The van der Waals surface area contributed by atoms with E-state index in [-0.39, 0.29) is 12.0 Å². The Kier molecular flexibility index (Phi) is 12.6. The van der Waals surface area contributed by atoms with E-state index in [1.807, 2.05) is 36.4 Å². The summed E-state index contributed by atoms with van der Waals surface area (Å²) in [5.74, 6) is -0.0824. The van der Waals surface area contributed by atoms with Crippen LogP contribution >= 0.6 is 0 Å². The molecule has 4 aliphatic carbocycles. The number of benzene rings is 8. The molecule has 0 amide bonds. The Bertz CT molecular complexity index is 4170. The molecule has 4 aliphatic rings. The van der Waals surface area contributed by atoms with E-state index >= 15 is 0 Å². The van der Waals surface area contributed by atoms with E-state index < -0.39 is 0 Å². The monoisotopic (exact) mass is 1000 g/mol. The standard InChI is InChI=1S/C74H60N4/c1-45-16-26-61(49(5)36-45)56-24-34-71(67(41-56)63-28-18-47(3)38-51(63)7)77(59-14-10-12-53(40-59)44-75)69-32-22-54-21-31-66-70(33-23-55-20-30-65(69)73(54)74(55)66)78(60-15-11-13-58(43-60)76-9)72-35-25-57(62-27-17-46(2)37-50(62)6)42-68(72)64-29-19-48(4)39-52(64)8/h10-43,69,74H,1-8H3. The average molecular weight is 1010 g/mol. The molecular formula is C74H60N4. The summed E-state index contributed by atoms with van der Waals surface area (Å²) in [5.41, 5.74) is 31.4. The Morgan fingerprint density at radius 1 is 0.487 bits per heavy atom. The van der Waals surface area contributed by atoms with Crippen LogP contribution in [0.5, 0.6) is 0 Å². The summed E-state index contributed by atoms with van der Waals surface area (Å²) in [6, 6.07) is 59.2. The number of allylic oxidation sites excluding steroid dienone is 10. The van der Waals surface area contributed by atoms with E-state index in [9.17, 15) is 5.26 Å². The molecular weight excluding hydrogens is 945 g/mol. The molecule has 78 heavy (non-hydrogen) atoms. The van der Waals surface area contributed by atoms with Gasteiger partial charge in [0.1, 0.15) is 0 Å². The van der Waals surface area contributed by atoms with Gasteiger partial charge in [-0.2, -0.15) is 5.26 Å². The van der Waals surface area contributed by atoms with Crippen LogP contribution in [0.25, 0.3) is 49.4 Å². The molecule has 0 heterocycles. The highest BCUT2D eigenvalue weighted by atomic mass is 15.2. The lowest BCUT2D eigenvalue weighted by Crippen LogP contribution is -2.37. The smallest absolute Gasteiger partial charge is 0.189 e. The van der Waals surface area contributed by atoms with Gasteiger partial charge in [0, 0.05) is 34.1 Å². The minimum absolute atomic E-state index is 0.0824. The minimum Gasteiger partial charge on any atom is -0.330 e. The second kappa shape index (κ2) is 19.9. The number of aryl methyl sites for hydroxylation is 8. The lowest BCUT2D eigenvalue weighted by atomic mass is 9.67. The predicted molar refractivity (Wildman–Crippen MR) is 326 cm³/mol. The first kappa shape index (κ1) is 49.4. The molecule has 2 unspecified atom stereocenters. The van der Waals surface area contributed by atoms with E-state index in [1.165, 1.54) is 89.1 Å². The van der Waals surface area contributed by atoms with Gasteiger partial charge in [-0.05, 0) is 200 Å². The first-order chi connectivity index (χ1) is 37.8. The van der Waals surface area contributed by atoms with Crippen molar-refractivity contribution >= 4 is 28.4 Å². The van der Waals surface area contributed by atoms with Crippen LogP contribution in [0.1, 0.15) is 50.1 Å². The molecule has 0 bridgehead atoms. The number of rotatable bonds is 10. The summed E-state index contributed by atoms with van der Waals surface area (Å²) in [4.78, 5) is 8.82. The van der Waals surface area contributed by atoms with Crippen LogP contribution < -0.4 is 9.80 Å². The Balaban J connectivity index is 1.05. The lowest BCUT2D eigenvalue weighted by Gasteiger charge is -2.44. The van der Waals surface area contributed by atoms with E-state index in [4.69, 9.17) is 6.57 Å². The zero-order chi connectivity index (χ0) is 53.9. The van der Waals surface area contributed by atoms with Gasteiger partial charge in [-0.25, -0.2) is 4.85 Å². The molecule has 4 heteroatoms. The van der Waals surface area contributed by atoms with Crippen molar-refractivity contribution in [2.75, 3.05) is 9.80 Å². The first-order valence-electron chi connectivity index (χ1n) is 27.0. The topological polar surface area (TPSA) is 34.6 Å². The summed E-state index contributed by atoms with van der Waals surface area (Å²) in [6.07, 6.45) is 18.5. The second-order valence-electron chi connectivity index (χ2n) is 21.6. The Morgan fingerprint density at radius 3 is 1.64 bits per heavy atom. The number of anilines is 4.